The van der Waals surface area contributed by atoms with Gasteiger partial charge in [-0.25, -0.2) is 0 Å². The molecule has 4 aromatic rings. The van der Waals surface area contributed by atoms with E-state index in [0.717, 1.165) is 32.0 Å². The molecule has 4 rings (SSSR count). The largest absolute Gasteiger partial charge is 0.296 e. The second-order valence-electron chi connectivity index (χ2n) is 7.12. The van der Waals surface area contributed by atoms with Gasteiger partial charge < -0.3 is 0 Å². The zero-order valence-corrected chi connectivity index (χ0v) is 17.7. The summed E-state index contributed by atoms with van der Waals surface area (Å²) >= 11 is 2.96. The summed E-state index contributed by atoms with van der Waals surface area (Å²) < 4.78 is 1.12. The maximum Gasteiger partial charge on any atom is 0.267 e. The van der Waals surface area contributed by atoms with Crippen molar-refractivity contribution < 1.29 is 4.79 Å². The number of fused-ring (bicyclic) bond motifs is 1. The first-order valence-corrected chi connectivity index (χ1v) is 10.9. The number of rotatable bonds is 5. The van der Waals surface area contributed by atoms with E-state index in [1.807, 2.05) is 12.1 Å². The highest BCUT2D eigenvalue weighted by atomic mass is 32.1. The van der Waals surface area contributed by atoms with Gasteiger partial charge in [0.2, 0.25) is 5.13 Å². The third kappa shape index (κ3) is 3.84. The fraction of sp³-hybridized carbons (Fsp3) is 0.227. The van der Waals surface area contributed by atoms with Crippen molar-refractivity contribution in [2.75, 3.05) is 5.32 Å². The Bertz CT molecular complexity index is 1130. The summed E-state index contributed by atoms with van der Waals surface area (Å²) in [6.07, 6.45) is 0.723. The third-order valence-corrected chi connectivity index (χ3v) is 6.91. The maximum absolute atomic E-state index is 13.1. The Kier molecular flexibility index (Phi) is 5.24. The predicted octanol–water partition coefficient (Wildman–Crippen LogP) is 6.03. The van der Waals surface area contributed by atoms with Crippen LogP contribution in [0.15, 0.2) is 48.5 Å². The zero-order valence-electron chi connectivity index (χ0n) is 16.0. The van der Waals surface area contributed by atoms with Crippen molar-refractivity contribution in [3.63, 3.8) is 0 Å². The molecule has 0 radical (unpaired) electrons. The lowest BCUT2D eigenvalue weighted by Crippen LogP contribution is -2.12. The number of hydrogen-bond donors (Lipinski definition) is 1. The van der Waals surface area contributed by atoms with E-state index in [9.17, 15) is 4.79 Å². The van der Waals surface area contributed by atoms with E-state index in [-0.39, 0.29) is 5.91 Å². The molecule has 142 valence electrons. The highest BCUT2D eigenvalue weighted by Gasteiger charge is 2.20. The van der Waals surface area contributed by atoms with Crippen LogP contribution in [-0.4, -0.2) is 16.1 Å². The highest BCUT2D eigenvalue weighted by Crippen LogP contribution is 2.34. The maximum atomic E-state index is 13.1. The van der Waals surface area contributed by atoms with Gasteiger partial charge in [-0.3, -0.25) is 10.1 Å². The van der Waals surface area contributed by atoms with Gasteiger partial charge in [0.05, 0.1) is 4.88 Å². The van der Waals surface area contributed by atoms with Gasteiger partial charge in [-0.1, -0.05) is 73.2 Å². The average Bonchev–Trinajstić information content (AvgIpc) is 3.29. The fourth-order valence-corrected chi connectivity index (χ4v) is 4.90. The van der Waals surface area contributed by atoms with E-state index in [2.05, 4.69) is 72.7 Å². The van der Waals surface area contributed by atoms with Crippen LogP contribution < -0.4 is 5.32 Å². The van der Waals surface area contributed by atoms with E-state index < -0.39 is 0 Å². The lowest BCUT2D eigenvalue weighted by molar-refractivity contribution is 0.103. The van der Waals surface area contributed by atoms with Crippen molar-refractivity contribution in [1.29, 1.82) is 0 Å². The Labute approximate surface area is 172 Å². The molecule has 1 N–H and O–H groups in total. The van der Waals surface area contributed by atoms with Crippen LogP contribution in [-0.2, 0) is 6.42 Å². The van der Waals surface area contributed by atoms with E-state index in [1.165, 1.54) is 33.8 Å². The highest BCUT2D eigenvalue weighted by molar-refractivity contribution is 7.21. The molecule has 0 aliphatic rings. The molecule has 2 aromatic heterocycles. The molecule has 4 nitrogen and oxygen atoms in total. The van der Waals surface area contributed by atoms with Crippen LogP contribution in [0.2, 0.25) is 0 Å². The van der Waals surface area contributed by atoms with Gasteiger partial charge in [0.15, 0.2) is 0 Å². The second-order valence-corrected chi connectivity index (χ2v) is 9.18. The number of carbonyl (C=O) groups excluding carboxylic acids is 1. The number of carbonyl (C=O) groups is 1. The Morgan fingerprint density at radius 3 is 2.50 bits per heavy atom. The molecule has 0 unspecified atom stereocenters. The molecule has 28 heavy (non-hydrogen) atoms. The summed E-state index contributed by atoms with van der Waals surface area (Å²) in [7, 11) is 0. The normalized spacial score (nSPS) is 11.3. The number of thiophene rings is 1. The van der Waals surface area contributed by atoms with Crippen molar-refractivity contribution in [3.05, 3.63) is 75.1 Å². The number of aromatic nitrogens is 2. The van der Waals surface area contributed by atoms with Gasteiger partial charge in [0.1, 0.15) is 5.01 Å². The van der Waals surface area contributed by atoms with Crippen molar-refractivity contribution in [2.45, 2.75) is 33.1 Å². The van der Waals surface area contributed by atoms with Gasteiger partial charge >= 0.3 is 0 Å². The fourth-order valence-electron chi connectivity index (χ4n) is 3.04. The lowest BCUT2D eigenvalue weighted by atomic mass is 10.0. The molecule has 2 heterocycles. The minimum atomic E-state index is -0.116. The van der Waals surface area contributed by atoms with Crippen LogP contribution >= 0.6 is 22.7 Å². The number of benzene rings is 2. The number of anilines is 1. The third-order valence-electron chi connectivity index (χ3n) is 4.56. The topological polar surface area (TPSA) is 54.9 Å². The van der Waals surface area contributed by atoms with Crippen LogP contribution in [0.3, 0.4) is 0 Å². The molecule has 0 saturated carbocycles. The Morgan fingerprint density at radius 2 is 1.79 bits per heavy atom. The first kappa shape index (κ1) is 18.8. The average molecular weight is 408 g/mol. The monoisotopic (exact) mass is 407 g/mol. The number of nitrogens with zero attached hydrogens (tertiary/aromatic N) is 2. The van der Waals surface area contributed by atoms with Crippen LogP contribution in [0, 0.1) is 6.92 Å². The van der Waals surface area contributed by atoms with Gasteiger partial charge in [-0.2, -0.15) is 0 Å². The molecule has 0 aliphatic heterocycles. The summed E-state index contributed by atoms with van der Waals surface area (Å²) in [4.78, 5) is 13.8. The van der Waals surface area contributed by atoms with E-state index >= 15 is 0 Å². The SMILES string of the molecule is Cc1ccc(Cc2c(C(=O)Nc3nnc(C(C)C)s3)sc3ccccc23)cc1. The molecule has 0 aliphatic carbocycles. The first-order chi connectivity index (χ1) is 13.5. The summed E-state index contributed by atoms with van der Waals surface area (Å²) in [6.45, 7) is 6.21. The number of nitrogens with one attached hydrogen (secondary N) is 1. The summed E-state index contributed by atoms with van der Waals surface area (Å²) in [5, 5.41) is 13.8. The van der Waals surface area contributed by atoms with Gasteiger partial charge in [0, 0.05) is 10.6 Å². The molecule has 0 bridgehead atoms. The van der Waals surface area contributed by atoms with E-state index in [4.69, 9.17) is 0 Å². The quantitative estimate of drug-likeness (QED) is 0.439. The first-order valence-electron chi connectivity index (χ1n) is 9.22. The van der Waals surface area contributed by atoms with Crippen molar-refractivity contribution in [1.82, 2.24) is 10.2 Å². The summed E-state index contributed by atoms with van der Waals surface area (Å²) in [5.74, 6) is 0.180. The predicted molar refractivity (Wildman–Crippen MR) is 118 cm³/mol. The van der Waals surface area contributed by atoms with Crippen LogP contribution in [0.25, 0.3) is 10.1 Å². The zero-order chi connectivity index (χ0) is 19.7. The Balaban J connectivity index is 1.68. The molecule has 0 fully saturated rings. The summed E-state index contributed by atoms with van der Waals surface area (Å²) in [5.41, 5.74) is 3.49. The lowest BCUT2D eigenvalue weighted by Gasteiger charge is -2.06. The minimum absolute atomic E-state index is 0.116. The van der Waals surface area contributed by atoms with E-state index in [1.54, 1.807) is 0 Å². The van der Waals surface area contributed by atoms with Gasteiger partial charge in [-0.05, 0) is 35.9 Å². The van der Waals surface area contributed by atoms with Crippen molar-refractivity contribution in [2.24, 2.45) is 0 Å². The Morgan fingerprint density at radius 1 is 1.04 bits per heavy atom. The molecule has 2 aromatic carbocycles. The number of hydrogen-bond acceptors (Lipinski definition) is 5. The molecule has 0 spiro atoms. The van der Waals surface area contributed by atoms with Gasteiger partial charge in [0.25, 0.3) is 5.91 Å². The van der Waals surface area contributed by atoms with Gasteiger partial charge in [-0.15, -0.1) is 21.5 Å². The Hall–Kier alpha value is -2.57. The molecule has 0 saturated heterocycles. The molecular weight excluding hydrogens is 386 g/mol. The minimum Gasteiger partial charge on any atom is -0.296 e. The van der Waals surface area contributed by atoms with Crippen molar-refractivity contribution >= 4 is 43.8 Å². The smallest absolute Gasteiger partial charge is 0.267 e. The molecule has 0 atom stereocenters. The van der Waals surface area contributed by atoms with Crippen LogP contribution in [0.1, 0.15) is 51.1 Å². The van der Waals surface area contributed by atoms with Crippen LogP contribution in [0.4, 0.5) is 5.13 Å². The molecule has 6 heteroatoms. The molecular formula is C22H21N3OS2. The number of aryl methyl sites for hydroxylation is 1. The van der Waals surface area contributed by atoms with Crippen LogP contribution in [0.5, 0.6) is 0 Å². The van der Waals surface area contributed by atoms with Crippen molar-refractivity contribution in [3.8, 4) is 0 Å². The molecule has 1 amide bonds. The number of amides is 1. The second kappa shape index (κ2) is 7.81. The van der Waals surface area contributed by atoms with E-state index in [0.29, 0.717) is 11.0 Å². The summed E-state index contributed by atoms with van der Waals surface area (Å²) in [6, 6.07) is 16.7. The standard InChI is InChI=1S/C22H21N3OS2/c1-13(2)21-24-25-22(28-21)23-20(26)19-17(12-15-10-8-14(3)9-11-15)16-6-4-5-7-18(16)27-19/h4-11,13H,12H2,1-3H3,(H,23,25,26).